The molecule has 1 aliphatic rings. The summed E-state index contributed by atoms with van der Waals surface area (Å²) in [6.45, 7) is 2.97. The summed E-state index contributed by atoms with van der Waals surface area (Å²) in [7, 11) is -3.12. The summed E-state index contributed by atoms with van der Waals surface area (Å²) in [5.74, 6) is 0.464. The van der Waals surface area contributed by atoms with Gasteiger partial charge in [-0.25, -0.2) is 17.7 Å². The first-order valence-electron chi connectivity index (χ1n) is 6.25. The molecule has 1 N–H and O–H groups in total. The van der Waals surface area contributed by atoms with Crippen LogP contribution in [0.4, 0.5) is 11.5 Å². The third-order valence-electron chi connectivity index (χ3n) is 3.22. The van der Waals surface area contributed by atoms with Crippen LogP contribution < -0.4 is 5.32 Å². The molecule has 0 unspecified atom stereocenters. The lowest BCUT2D eigenvalue weighted by Gasteiger charge is -2.37. The normalized spacial score (nSPS) is 16.6. The Morgan fingerprint density at radius 3 is 2.85 bits per heavy atom. The Kier molecular flexibility index (Phi) is 4.19. The Morgan fingerprint density at radius 1 is 1.55 bits per heavy atom. The van der Waals surface area contributed by atoms with Gasteiger partial charge in [-0.1, -0.05) is 0 Å². The van der Waals surface area contributed by atoms with E-state index in [1.54, 1.807) is 6.92 Å². The van der Waals surface area contributed by atoms with Crippen molar-refractivity contribution in [2.24, 2.45) is 5.92 Å². The van der Waals surface area contributed by atoms with Crippen LogP contribution in [0.1, 0.15) is 6.92 Å². The predicted molar refractivity (Wildman–Crippen MR) is 73.9 cm³/mol. The third kappa shape index (κ3) is 3.05. The lowest BCUT2D eigenvalue weighted by Crippen LogP contribution is -2.52. The summed E-state index contributed by atoms with van der Waals surface area (Å²) in [6.07, 6.45) is 1.48. The standard InChI is InChI=1S/C11H16N4O4S/c1-2-20(18,19)14-7-9(8-14)6-13-11-10(15(16)17)4-3-5-12-11/h3-5,9H,2,6-8H2,1H3,(H,12,13). The van der Waals surface area contributed by atoms with Crippen molar-refractivity contribution in [3.05, 3.63) is 28.4 Å². The van der Waals surface area contributed by atoms with E-state index in [0.29, 0.717) is 19.6 Å². The molecule has 0 aromatic carbocycles. The largest absolute Gasteiger partial charge is 0.364 e. The van der Waals surface area contributed by atoms with Gasteiger partial charge >= 0.3 is 5.69 Å². The smallest absolute Gasteiger partial charge is 0.311 e. The van der Waals surface area contributed by atoms with Gasteiger partial charge in [-0.2, -0.15) is 0 Å². The van der Waals surface area contributed by atoms with Gasteiger partial charge in [0.15, 0.2) is 0 Å². The lowest BCUT2D eigenvalue weighted by molar-refractivity contribution is -0.384. The van der Waals surface area contributed by atoms with Crippen LogP contribution in [0.25, 0.3) is 0 Å². The molecule has 0 aliphatic carbocycles. The number of nitro groups is 1. The van der Waals surface area contributed by atoms with Crippen LogP contribution in [0.3, 0.4) is 0 Å². The van der Waals surface area contributed by atoms with E-state index < -0.39 is 14.9 Å². The first-order chi connectivity index (χ1) is 9.44. The van der Waals surface area contributed by atoms with Crippen LogP contribution in [-0.4, -0.2) is 48.0 Å². The summed E-state index contributed by atoms with van der Waals surface area (Å²) in [5.41, 5.74) is -0.0788. The van der Waals surface area contributed by atoms with Crippen LogP contribution in [0, 0.1) is 16.0 Å². The summed E-state index contributed by atoms with van der Waals surface area (Å²) in [4.78, 5) is 14.2. The highest BCUT2D eigenvalue weighted by Crippen LogP contribution is 2.23. The molecule has 0 spiro atoms. The zero-order valence-electron chi connectivity index (χ0n) is 11.0. The first kappa shape index (κ1) is 14.7. The zero-order chi connectivity index (χ0) is 14.8. The SMILES string of the molecule is CCS(=O)(=O)N1CC(CNc2ncccc2[N+](=O)[O-])C1. The molecule has 0 bridgehead atoms. The summed E-state index contributed by atoms with van der Waals surface area (Å²) >= 11 is 0. The minimum absolute atomic E-state index is 0.0788. The number of rotatable bonds is 6. The summed E-state index contributed by atoms with van der Waals surface area (Å²) < 4.78 is 24.5. The maximum atomic E-state index is 11.5. The highest BCUT2D eigenvalue weighted by atomic mass is 32.2. The van der Waals surface area contributed by atoms with E-state index in [4.69, 9.17) is 0 Å². The molecule has 1 fully saturated rings. The number of nitrogens with one attached hydrogen (secondary N) is 1. The number of anilines is 1. The van der Waals surface area contributed by atoms with E-state index in [0.717, 1.165) is 0 Å². The second-order valence-electron chi connectivity index (χ2n) is 4.59. The highest BCUT2D eigenvalue weighted by Gasteiger charge is 2.34. The molecule has 2 heterocycles. The second-order valence-corrected chi connectivity index (χ2v) is 6.85. The average molecular weight is 300 g/mol. The zero-order valence-corrected chi connectivity index (χ0v) is 11.8. The van der Waals surface area contributed by atoms with Crippen molar-refractivity contribution in [2.75, 3.05) is 30.7 Å². The number of hydrogen-bond donors (Lipinski definition) is 1. The fourth-order valence-electron chi connectivity index (χ4n) is 1.98. The fourth-order valence-corrected chi connectivity index (χ4v) is 3.22. The molecule has 0 saturated carbocycles. The Bertz CT molecular complexity index is 598. The quantitative estimate of drug-likeness (QED) is 0.612. The maximum Gasteiger partial charge on any atom is 0.311 e. The Labute approximate surface area is 117 Å². The van der Waals surface area contributed by atoms with Gasteiger partial charge < -0.3 is 5.32 Å². The Morgan fingerprint density at radius 2 is 2.25 bits per heavy atom. The van der Waals surface area contributed by atoms with Gasteiger partial charge in [-0.3, -0.25) is 10.1 Å². The molecule has 2 rings (SSSR count). The average Bonchev–Trinajstić information content (AvgIpc) is 2.37. The molecule has 1 aromatic rings. The van der Waals surface area contributed by atoms with E-state index in [1.165, 1.54) is 22.6 Å². The topological polar surface area (TPSA) is 105 Å². The molecule has 0 amide bonds. The van der Waals surface area contributed by atoms with Gasteiger partial charge in [0, 0.05) is 37.8 Å². The fraction of sp³-hybridized carbons (Fsp3) is 0.545. The Balaban J connectivity index is 1.88. The van der Waals surface area contributed by atoms with Crippen LogP contribution in [-0.2, 0) is 10.0 Å². The first-order valence-corrected chi connectivity index (χ1v) is 7.86. The predicted octanol–water partition coefficient (Wildman–Crippen LogP) is 0.683. The summed E-state index contributed by atoms with van der Waals surface area (Å²) in [6, 6.07) is 2.88. The van der Waals surface area contributed by atoms with E-state index in [9.17, 15) is 18.5 Å². The van der Waals surface area contributed by atoms with Crippen LogP contribution in [0.2, 0.25) is 0 Å². The van der Waals surface area contributed by atoms with Gasteiger partial charge in [0.1, 0.15) is 0 Å². The number of hydrogen-bond acceptors (Lipinski definition) is 6. The molecule has 1 aromatic heterocycles. The molecule has 9 heteroatoms. The van der Waals surface area contributed by atoms with Crippen molar-refractivity contribution < 1.29 is 13.3 Å². The molecule has 1 saturated heterocycles. The van der Waals surface area contributed by atoms with Gasteiger partial charge in [-0.15, -0.1) is 0 Å². The second kappa shape index (κ2) is 5.71. The van der Waals surface area contributed by atoms with E-state index >= 15 is 0 Å². The molecule has 0 atom stereocenters. The van der Waals surface area contributed by atoms with Crippen molar-refractivity contribution in [1.29, 1.82) is 0 Å². The molecule has 20 heavy (non-hydrogen) atoms. The number of pyridine rings is 1. The van der Waals surface area contributed by atoms with Gasteiger partial charge in [0.2, 0.25) is 15.8 Å². The minimum Gasteiger partial charge on any atom is -0.364 e. The van der Waals surface area contributed by atoms with Gasteiger partial charge in [0.05, 0.1) is 10.7 Å². The molecule has 110 valence electrons. The minimum atomic E-state index is -3.12. The Hall–Kier alpha value is -1.74. The van der Waals surface area contributed by atoms with Gasteiger partial charge in [-0.05, 0) is 13.0 Å². The van der Waals surface area contributed by atoms with E-state index in [2.05, 4.69) is 10.3 Å². The van der Waals surface area contributed by atoms with Crippen LogP contribution in [0.15, 0.2) is 18.3 Å². The van der Waals surface area contributed by atoms with Crippen LogP contribution >= 0.6 is 0 Å². The van der Waals surface area contributed by atoms with Crippen molar-refractivity contribution in [3.63, 3.8) is 0 Å². The van der Waals surface area contributed by atoms with Crippen LogP contribution in [0.5, 0.6) is 0 Å². The van der Waals surface area contributed by atoms with Crippen molar-refractivity contribution in [1.82, 2.24) is 9.29 Å². The molecule has 8 nitrogen and oxygen atoms in total. The molecular formula is C11H16N4O4S. The van der Waals surface area contributed by atoms with Crippen molar-refractivity contribution >= 4 is 21.5 Å². The maximum absolute atomic E-state index is 11.5. The monoisotopic (exact) mass is 300 g/mol. The van der Waals surface area contributed by atoms with E-state index in [-0.39, 0.29) is 23.2 Å². The molecular weight excluding hydrogens is 284 g/mol. The number of nitrogens with zero attached hydrogens (tertiary/aromatic N) is 3. The van der Waals surface area contributed by atoms with Crippen molar-refractivity contribution in [3.8, 4) is 0 Å². The van der Waals surface area contributed by atoms with Gasteiger partial charge in [0.25, 0.3) is 0 Å². The molecule has 0 radical (unpaired) electrons. The molecule has 1 aliphatic heterocycles. The lowest BCUT2D eigenvalue weighted by atomic mass is 10.0. The van der Waals surface area contributed by atoms with E-state index in [1.807, 2.05) is 0 Å². The third-order valence-corrected chi connectivity index (χ3v) is 5.04. The van der Waals surface area contributed by atoms with Crippen molar-refractivity contribution in [2.45, 2.75) is 6.92 Å². The number of aromatic nitrogens is 1. The number of sulfonamides is 1. The highest BCUT2D eigenvalue weighted by molar-refractivity contribution is 7.89. The summed E-state index contributed by atoms with van der Waals surface area (Å²) in [5, 5.41) is 13.7.